The summed E-state index contributed by atoms with van der Waals surface area (Å²) in [6.45, 7) is 3.29. The molecule has 0 aromatic heterocycles. The molecule has 0 aliphatic heterocycles. The predicted molar refractivity (Wildman–Crippen MR) is 49.1 cm³/mol. The van der Waals surface area contributed by atoms with Gasteiger partial charge in [-0.2, -0.15) is 0 Å². The highest BCUT2D eigenvalue weighted by Crippen LogP contribution is 2.33. The van der Waals surface area contributed by atoms with E-state index in [9.17, 15) is 9.59 Å². The van der Waals surface area contributed by atoms with Crippen LogP contribution in [0.25, 0.3) is 0 Å². The molecule has 5 nitrogen and oxygen atoms in total. The van der Waals surface area contributed by atoms with Crippen LogP contribution in [0.1, 0.15) is 26.7 Å². The van der Waals surface area contributed by atoms with Gasteiger partial charge in [-0.05, 0) is 12.8 Å². The number of ether oxygens (including phenoxy) is 1. The zero-order valence-electron chi connectivity index (χ0n) is 8.61. The second kappa shape index (κ2) is 4.95. The van der Waals surface area contributed by atoms with E-state index in [2.05, 4.69) is 0 Å². The highest BCUT2D eigenvalue weighted by Gasteiger charge is 2.47. The number of rotatable bonds is 6. The van der Waals surface area contributed by atoms with Crippen LogP contribution in [0.3, 0.4) is 0 Å². The third-order valence-corrected chi connectivity index (χ3v) is 2.65. The quantitative estimate of drug-likeness (QED) is 0.673. The molecule has 0 radical (unpaired) electrons. The van der Waals surface area contributed by atoms with Crippen molar-refractivity contribution in [1.82, 2.24) is 0 Å². The van der Waals surface area contributed by atoms with Gasteiger partial charge in [0, 0.05) is 7.11 Å². The molecule has 0 aliphatic carbocycles. The van der Waals surface area contributed by atoms with Gasteiger partial charge >= 0.3 is 11.9 Å². The normalized spacial score (nSPS) is 13.6. The molecule has 82 valence electrons. The molecule has 1 unspecified atom stereocenters. The van der Waals surface area contributed by atoms with Gasteiger partial charge in [-0.1, -0.05) is 13.8 Å². The summed E-state index contributed by atoms with van der Waals surface area (Å²) >= 11 is 0. The summed E-state index contributed by atoms with van der Waals surface area (Å²) in [6.07, 6.45) is -0.845. The Morgan fingerprint density at radius 2 is 1.71 bits per heavy atom. The lowest BCUT2D eigenvalue weighted by Gasteiger charge is -2.31. The lowest BCUT2D eigenvalue weighted by Crippen LogP contribution is -2.47. The number of aliphatic carboxylic acids is 2. The van der Waals surface area contributed by atoms with Crippen molar-refractivity contribution in [2.24, 2.45) is 5.41 Å². The third-order valence-electron chi connectivity index (χ3n) is 2.65. The second-order valence-electron chi connectivity index (χ2n) is 3.12. The van der Waals surface area contributed by atoms with Gasteiger partial charge in [0.25, 0.3) is 0 Å². The van der Waals surface area contributed by atoms with E-state index in [0.717, 1.165) is 0 Å². The van der Waals surface area contributed by atoms with Gasteiger partial charge < -0.3 is 14.9 Å². The monoisotopic (exact) mass is 204 g/mol. The average Bonchev–Trinajstić information content (AvgIpc) is 2.12. The SMILES string of the molecule is CCC(CC)(C(=O)O)C(OC)C(=O)O. The fourth-order valence-electron chi connectivity index (χ4n) is 1.60. The number of carboxylic acids is 2. The van der Waals surface area contributed by atoms with E-state index in [4.69, 9.17) is 14.9 Å². The summed E-state index contributed by atoms with van der Waals surface area (Å²) in [5.41, 5.74) is -1.33. The smallest absolute Gasteiger partial charge is 0.334 e. The van der Waals surface area contributed by atoms with E-state index in [1.165, 1.54) is 7.11 Å². The molecule has 0 aromatic carbocycles. The molecule has 1 atom stereocenters. The first-order chi connectivity index (χ1) is 6.46. The molecular formula is C9H16O5. The Kier molecular flexibility index (Phi) is 4.56. The summed E-state index contributed by atoms with van der Waals surface area (Å²) in [5.74, 6) is -2.37. The van der Waals surface area contributed by atoms with E-state index in [-0.39, 0.29) is 12.8 Å². The highest BCUT2D eigenvalue weighted by molar-refractivity contribution is 5.85. The van der Waals surface area contributed by atoms with Crippen LogP contribution in [0.2, 0.25) is 0 Å². The molecule has 0 bridgehead atoms. The Balaban J connectivity index is 5.13. The van der Waals surface area contributed by atoms with E-state index in [1.54, 1.807) is 13.8 Å². The molecule has 0 aromatic rings. The van der Waals surface area contributed by atoms with Gasteiger partial charge in [0.1, 0.15) is 5.41 Å². The Morgan fingerprint density at radius 1 is 1.29 bits per heavy atom. The maximum absolute atomic E-state index is 11.0. The summed E-state index contributed by atoms with van der Waals surface area (Å²) in [7, 11) is 1.21. The first kappa shape index (κ1) is 12.9. The van der Waals surface area contributed by atoms with Crippen molar-refractivity contribution < 1.29 is 24.5 Å². The van der Waals surface area contributed by atoms with E-state index >= 15 is 0 Å². The summed E-state index contributed by atoms with van der Waals surface area (Å²) in [4.78, 5) is 21.9. The Labute approximate surface area is 82.7 Å². The molecule has 0 amide bonds. The van der Waals surface area contributed by atoms with Gasteiger partial charge in [0.05, 0.1) is 0 Å². The first-order valence-electron chi connectivity index (χ1n) is 4.45. The number of methoxy groups -OCH3 is 1. The van der Waals surface area contributed by atoms with Gasteiger partial charge in [-0.3, -0.25) is 4.79 Å². The van der Waals surface area contributed by atoms with Crippen molar-refractivity contribution in [1.29, 1.82) is 0 Å². The minimum atomic E-state index is -1.33. The summed E-state index contributed by atoms with van der Waals surface area (Å²) in [6, 6.07) is 0. The molecule has 0 rings (SSSR count). The van der Waals surface area contributed by atoms with Crippen molar-refractivity contribution in [3.8, 4) is 0 Å². The van der Waals surface area contributed by atoms with Crippen LogP contribution in [0.4, 0.5) is 0 Å². The number of carbonyl (C=O) groups is 2. The van der Waals surface area contributed by atoms with Crippen LogP contribution in [-0.4, -0.2) is 35.4 Å². The van der Waals surface area contributed by atoms with Gasteiger partial charge in [0.15, 0.2) is 6.10 Å². The third kappa shape index (κ3) is 2.04. The number of hydrogen-bond donors (Lipinski definition) is 2. The van der Waals surface area contributed by atoms with Gasteiger partial charge in [-0.15, -0.1) is 0 Å². The van der Waals surface area contributed by atoms with Crippen LogP contribution in [0, 0.1) is 5.41 Å². The van der Waals surface area contributed by atoms with E-state index in [1.807, 2.05) is 0 Å². The second-order valence-corrected chi connectivity index (χ2v) is 3.12. The van der Waals surface area contributed by atoms with Crippen molar-refractivity contribution in [3.63, 3.8) is 0 Å². The standard InChI is InChI=1S/C9H16O5/c1-4-9(5-2,8(12)13)6(14-3)7(10)11/h6H,4-5H2,1-3H3,(H,10,11)(H,12,13). The first-order valence-corrected chi connectivity index (χ1v) is 4.45. The molecule has 0 fully saturated rings. The Hall–Kier alpha value is -1.10. The molecule has 0 saturated heterocycles. The molecule has 5 heteroatoms. The molecule has 0 heterocycles. The molecule has 14 heavy (non-hydrogen) atoms. The molecule has 0 aliphatic rings. The van der Waals surface area contributed by atoms with Crippen molar-refractivity contribution in [2.45, 2.75) is 32.8 Å². The zero-order valence-corrected chi connectivity index (χ0v) is 8.61. The minimum Gasteiger partial charge on any atom is -0.481 e. The number of hydrogen-bond acceptors (Lipinski definition) is 3. The van der Waals surface area contributed by atoms with Gasteiger partial charge in [-0.25, -0.2) is 4.79 Å². The lowest BCUT2D eigenvalue weighted by molar-refractivity contribution is -0.173. The van der Waals surface area contributed by atoms with Crippen molar-refractivity contribution in [2.75, 3.05) is 7.11 Å². The maximum atomic E-state index is 11.0. The van der Waals surface area contributed by atoms with E-state index in [0.29, 0.717) is 0 Å². The lowest BCUT2D eigenvalue weighted by atomic mass is 9.77. The summed E-state index contributed by atoms with van der Waals surface area (Å²) in [5, 5.41) is 17.9. The fraction of sp³-hybridized carbons (Fsp3) is 0.778. The van der Waals surface area contributed by atoms with Crippen LogP contribution < -0.4 is 0 Å². The summed E-state index contributed by atoms with van der Waals surface area (Å²) < 4.78 is 4.74. The Morgan fingerprint density at radius 3 is 1.79 bits per heavy atom. The minimum absolute atomic E-state index is 0.226. The van der Waals surface area contributed by atoms with Crippen LogP contribution in [0.5, 0.6) is 0 Å². The van der Waals surface area contributed by atoms with Crippen molar-refractivity contribution in [3.05, 3.63) is 0 Å². The topological polar surface area (TPSA) is 83.8 Å². The highest BCUT2D eigenvalue weighted by atomic mass is 16.5. The Bertz CT molecular complexity index is 219. The molecule has 0 saturated carbocycles. The molecular weight excluding hydrogens is 188 g/mol. The number of carboxylic acid groups (broad SMARTS) is 2. The van der Waals surface area contributed by atoms with Gasteiger partial charge in [0.2, 0.25) is 0 Å². The van der Waals surface area contributed by atoms with Crippen LogP contribution in [-0.2, 0) is 14.3 Å². The van der Waals surface area contributed by atoms with Crippen molar-refractivity contribution >= 4 is 11.9 Å². The largest absolute Gasteiger partial charge is 0.481 e. The van der Waals surface area contributed by atoms with E-state index < -0.39 is 23.5 Å². The maximum Gasteiger partial charge on any atom is 0.334 e. The molecule has 2 N–H and O–H groups in total. The molecule has 0 spiro atoms. The zero-order chi connectivity index (χ0) is 11.4. The fourth-order valence-corrected chi connectivity index (χ4v) is 1.60. The predicted octanol–water partition coefficient (Wildman–Crippen LogP) is 0.977. The van der Waals surface area contributed by atoms with Crippen LogP contribution >= 0.6 is 0 Å². The van der Waals surface area contributed by atoms with Crippen LogP contribution in [0.15, 0.2) is 0 Å². The average molecular weight is 204 g/mol.